The number of halogens is 2. The summed E-state index contributed by atoms with van der Waals surface area (Å²) in [6.07, 6.45) is 0. The number of hydrogen-bond donors (Lipinski definition) is 2. The summed E-state index contributed by atoms with van der Waals surface area (Å²) in [5.74, 6) is 0.849. The zero-order valence-electron chi connectivity index (χ0n) is 12.7. The van der Waals surface area contributed by atoms with Gasteiger partial charge in [0.15, 0.2) is 0 Å². The van der Waals surface area contributed by atoms with E-state index >= 15 is 0 Å². The van der Waals surface area contributed by atoms with E-state index in [1.165, 1.54) is 0 Å². The molecule has 1 heterocycles. The number of hydrogen-bond acceptors (Lipinski definition) is 3. The molecule has 0 spiro atoms. The van der Waals surface area contributed by atoms with Crippen molar-refractivity contribution in [3.8, 4) is 0 Å². The molecule has 2 N–H and O–H groups in total. The van der Waals surface area contributed by atoms with Crippen LogP contribution in [0.3, 0.4) is 0 Å². The average molecular weight is 314 g/mol. The molecule has 116 valence electrons. The molecule has 1 fully saturated rings. The van der Waals surface area contributed by atoms with E-state index in [0.29, 0.717) is 5.92 Å². The third-order valence-electron chi connectivity index (χ3n) is 3.42. The third kappa shape index (κ3) is 7.35. The molecule has 1 aliphatic rings. The molecule has 0 radical (unpaired) electrons. The Morgan fingerprint density at radius 2 is 1.89 bits per heavy atom. The number of nitrogens with one attached hydrogen (secondary N) is 2. The van der Waals surface area contributed by atoms with Gasteiger partial charge in [0.05, 0.1) is 0 Å². The molecule has 0 bridgehead atoms. The predicted octanol–water partition coefficient (Wildman–Crippen LogP) is 1.39. The Labute approximate surface area is 129 Å². The van der Waals surface area contributed by atoms with Crippen LogP contribution in [0.1, 0.15) is 20.8 Å². The molecule has 0 aromatic heterocycles. The smallest absolute Gasteiger partial charge is 0.223 e. The van der Waals surface area contributed by atoms with Gasteiger partial charge in [-0.3, -0.25) is 4.79 Å². The van der Waals surface area contributed by atoms with Gasteiger partial charge < -0.3 is 15.5 Å². The number of amides is 1. The molecule has 1 rings (SSSR count). The summed E-state index contributed by atoms with van der Waals surface area (Å²) in [5, 5.41) is 6.29. The van der Waals surface area contributed by atoms with E-state index in [1.807, 2.05) is 6.92 Å². The fourth-order valence-corrected chi connectivity index (χ4v) is 2.28. The van der Waals surface area contributed by atoms with Gasteiger partial charge in [-0.1, -0.05) is 20.8 Å². The SMILES string of the molecule is CC(C(=O)NCC(C)(C)CN(C)C)C1CNC1.Cl.Cl. The second kappa shape index (κ2) is 9.01. The summed E-state index contributed by atoms with van der Waals surface area (Å²) in [5.41, 5.74) is 0.122. The van der Waals surface area contributed by atoms with Crippen LogP contribution in [-0.4, -0.2) is 51.1 Å². The van der Waals surface area contributed by atoms with Crippen molar-refractivity contribution in [2.24, 2.45) is 17.3 Å². The Morgan fingerprint density at radius 1 is 1.37 bits per heavy atom. The minimum Gasteiger partial charge on any atom is -0.355 e. The van der Waals surface area contributed by atoms with E-state index in [-0.39, 0.29) is 42.1 Å². The zero-order chi connectivity index (χ0) is 13.1. The third-order valence-corrected chi connectivity index (χ3v) is 3.42. The van der Waals surface area contributed by atoms with Crippen molar-refractivity contribution in [1.29, 1.82) is 0 Å². The number of nitrogens with zero attached hydrogens (tertiary/aromatic N) is 1. The standard InChI is InChI=1S/C13H27N3O.2ClH/c1-10(11-6-14-7-11)12(17)15-8-13(2,3)9-16(4)5;;/h10-11,14H,6-9H2,1-5H3,(H,15,17);2*1H. The molecule has 19 heavy (non-hydrogen) atoms. The summed E-state index contributed by atoms with van der Waals surface area (Å²) >= 11 is 0. The highest BCUT2D eigenvalue weighted by Crippen LogP contribution is 2.18. The Morgan fingerprint density at radius 3 is 2.26 bits per heavy atom. The van der Waals surface area contributed by atoms with E-state index in [9.17, 15) is 4.79 Å². The second-order valence-corrected chi connectivity index (χ2v) is 6.33. The van der Waals surface area contributed by atoms with Crippen LogP contribution in [0.5, 0.6) is 0 Å². The molecule has 1 unspecified atom stereocenters. The maximum Gasteiger partial charge on any atom is 0.223 e. The first-order valence-electron chi connectivity index (χ1n) is 6.45. The van der Waals surface area contributed by atoms with Crippen molar-refractivity contribution >= 4 is 30.7 Å². The molecule has 0 saturated carbocycles. The van der Waals surface area contributed by atoms with Crippen LogP contribution in [0.25, 0.3) is 0 Å². The van der Waals surface area contributed by atoms with Gasteiger partial charge in [-0.25, -0.2) is 0 Å². The van der Waals surface area contributed by atoms with Crippen molar-refractivity contribution in [2.75, 3.05) is 40.3 Å². The number of carbonyl (C=O) groups excluding carboxylic acids is 1. The zero-order valence-corrected chi connectivity index (χ0v) is 14.3. The molecule has 1 atom stereocenters. The Balaban J connectivity index is 0. The van der Waals surface area contributed by atoms with Crippen LogP contribution < -0.4 is 10.6 Å². The van der Waals surface area contributed by atoms with Crippen LogP contribution in [0.4, 0.5) is 0 Å². The van der Waals surface area contributed by atoms with Gasteiger partial charge >= 0.3 is 0 Å². The van der Waals surface area contributed by atoms with Crippen LogP contribution in [0.15, 0.2) is 0 Å². The average Bonchev–Trinajstić information content (AvgIpc) is 2.09. The van der Waals surface area contributed by atoms with Crippen LogP contribution in [0.2, 0.25) is 0 Å². The van der Waals surface area contributed by atoms with Gasteiger partial charge in [0.1, 0.15) is 0 Å². The van der Waals surface area contributed by atoms with Crippen molar-refractivity contribution in [3.05, 3.63) is 0 Å². The van der Waals surface area contributed by atoms with Gasteiger partial charge in [0.2, 0.25) is 5.91 Å². The Bertz CT molecular complexity index is 269. The van der Waals surface area contributed by atoms with Crippen molar-refractivity contribution < 1.29 is 4.79 Å². The van der Waals surface area contributed by atoms with E-state index in [2.05, 4.69) is 43.5 Å². The summed E-state index contributed by atoms with van der Waals surface area (Å²) in [6, 6.07) is 0. The molecular formula is C13H29Cl2N3O. The first kappa shape index (κ1) is 21.3. The highest BCUT2D eigenvalue weighted by Gasteiger charge is 2.29. The van der Waals surface area contributed by atoms with Crippen molar-refractivity contribution in [1.82, 2.24) is 15.5 Å². The van der Waals surface area contributed by atoms with Crippen molar-refractivity contribution in [3.63, 3.8) is 0 Å². The molecule has 1 aliphatic heterocycles. The normalized spacial score (nSPS) is 16.9. The Kier molecular flexibility index (Phi) is 10.1. The monoisotopic (exact) mass is 313 g/mol. The van der Waals surface area contributed by atoms with Gasteiger partial charge in [-0.15, -0.1) is 24.8 Å². The quantitative estimate of drug-likeness (QED) is 0.779. The molecular weight excluding hydrogens is 285 g/mol. The van der Waals surface area contributed by atoms with E-state index in [0.717, 1.165) is 26.2 Å². The second-order valence-electron chi connectivity index (χ2n) is 6.33. The van der Waals surface area contributed by atoms with Crippen molar-refractivity contribution in [2.45, 2.75) is 20.8 Å². The topological polar surface area (TPSA) is 44.4 Å². The van der Waals surface area contributed by atoms with Gasteiger partial charge in [0, 0.05) is 19.0 Å². The lowest BCUT2D eigenvalue weighted by Gasteiger charge is -2.33. The van der Waals surface area contributed by atoms with E-state index in [1.54, 1.807) is 0 Å². The van der Waals surface area contributed by atoms with Gasteiger partial charge in [0.25, 0.3) is 0 Å². The first-order chi connectivity index (χ1) is 7.82. The first-order valence-corrected chi connectivity index (χ1v) is 6.45. The van der Waals surface area contributed by atoms with Crippen LogP contribution in [-0.2, 0) is 4.79 Å². The number of carbonyl (C=O) groups is 1. The fraction of sp³-hybridized carbons (Fsp3) is 0.923. The molecule has 1 amide bonds. The lowest BCUT2D eigenvalue weighted by Crippen LogP contribution is -2.51. The summed E-state index contributed by atoms with van der Waals surface area (Å²) in [4.78, 5) is 14.1. The summed E-state index contributed by atoms with van der Waals surface area (Å²) in [6.45, 7) is 10.1. The molecule has 1 saturated heterocycles. The predicted molar refractivity (Wildman–Crippen MR) is 85.4 cm³/mol. The van der Waals surface area contributed by atoms with Crippen LogP contribution >= 0.6 is 24.8 Å². The highest BCUT2D eigenvalue weighted by atomic mass is 35.5. The maximum absolute atomic E-state index is 12.0. The lowest BCUT2D eigenvalue weighted by atomic mass is 9.87. The van der Waals surface area contributed by atoms with Crippen LogP contribution in [0, 0.1) is 17.3 Å². The molecule has 6 heteroatoms. The summed E-state index contributed by atoms with van der Waals surface area (Å²) in [7, 11) is 4.12. The maximum atomic E-state index is 12.0. The van der Waals surface area contributed by atoms with Gasteiger partial charge in [-0.05, 0) is 38.5 Å². The molecule has 0 aromatic rings. The number of rotatable bonds is 6. The minimum absolute atomic E-state index is 0. The Hall–Kier alpha value is -0.0300. The largest absolute Gasteiger partial charge is 0.355 e. The molecule has 0 aromatic carbocycles. The minimum atomic E-state index is 0. The van der Waals surface area contributed by atoms with E-state index in [4.69, 9.17) is 0 Å². The molecule has 4 nitrogen and oxygen atoms in total. The fourth-order valence-electron chi connectivity index (χ4n) is 2.28. The molecule has 0 aliphatic carbocycles. The summed E-state index contributed by atoms with van der Waals surface area (Å²) < 4.78 is 0. The van der Waals surface area contributed by atoms with Gasteiger partial charge in [-0.2, -0.15) is 0 Å². The lowest BCUT2D eigenvalue weighted by molar-refractivity contribution is -0.127. The highest BCUT2D eigenvalue weighted by molar-refractivity contribution is 5.85. The van der Waals surface area contributed by atoms with E-state index < -0.39 is 0 Å².